The Bertz CT molecular complexity index is 776. The molecule has 0 aromatic heterocycles. The summed E-state index contributed by atoms with van der Waals surface area (Å²) in [6, 6.07) is 7.97. The topological polar surface area (TPSA) is 81.4 Å². The number of hydrogen-bond donors (Lipinski definition) is 2. The summed E-state index contributed by atoms with van der Waals surface area (Å²) in [7, 11) is -2.50. The third-order valence-electron chi connectivity index (χ3n) is 2.97. The van der Waals surface area contributed by atoms with Gasteiger partial charge >= 0.3 is 0 Å². The number of anilines is 2. The van der Waals surface area contributed by atoms with Gasteiger partial charge in [0.1, 0.15) is 11.6 Å². The summed E-state index contributed by atoms with van der Waals surface area (Å²) < 4.78 is 45.0. The lowest BCUT2D eigenvalue weighted by atomic mass is 10.2. The summed E-state index contributed by atoms with van der Waals surface area (Å²) in [6.45, 7) is 1.78. The molecule has 21 heavy (non-hydrogen) atoms. The van der Waals surface area contributed by atoms with Crippen molar-refractivity contribution in [3.8, 4) is 5.75 Å². The third-order valence-corrected chi connectivity index (χ3v) is 4.33. The SMILES string of the molecule is COc1cc(F)ccc1NS(=O)(=O)c1ccc(C)c(N)c1. The molecule has 0 aliphatic rings. The van der Waals surface area contributed by atoms with Gasteiger partial charge in [0.2, 0.25) is 0 Å². The van der Waals surface area contributed by atoms with Crippen molar-refractivity contribution in [3.63, 3.8) is 0 Å². The zero-order chi connectivity index (χ0) is 15.6. The van der Waals surface area contributed by atoms with Crippen molar-refractivity contribution >= 4 is 21.4 Å². The van der Waals surface area contributed by atoms with E-state index in [1.165, 1.54) is 25.3 Å². The smallest absolute Gasteiger partial charge is 0.262 e. The second-order valence-electron chi connectivity index (χ2n) is 4.47. The molecule has 5 nitrogen and oxygen atoms in total. The number of nitrogens with two attached hydrogens (primary N) is 1. The Kier molecular flexibility index (Phi) is 4.04. The first-order chi connectivity index (χ1) is 9.83. The van der Waals surface area contributed by atoms with E-state index in [1.54, 1.807) is 13.0 Å². The van der Waals surface area contributed by atoms with Gasteiger partial charge in [-0.2, -0.15) is 0 Å². The van der Waals surface area contributed by atoms with E-state index in [0.717, 1.165) is 17.7 Å². The van der Waals surface area contributed by atoms with E-state index in [9.17, 15) is 12.8 Å². The number of hydrogen-bond acceptors (Lipinski definition) is 4. The maximum absolute atomic E-state index is 13.1. The highest BCUT2D eigenvalue weighted by Crippen LogP contribution is 2.28. The summed E-state index contributed by atoms with van der Waals surface area (Å²) in [5.74, 6) is -0.423. The Morgan fingerprint density at radius 2 is 1.90 bits per heavy atom. The van der Waals surface area contributed by atoms with Crippen LogP contribution >= 0.6 is 0 Å². The molecular weight excluding hydrogens is 295 g/mol. The summed E-state index contributed by atoms with van der Waals surface area (Å²) in [5.41, 5.74) is 7.04. The number of sulfonamides is 1. The van der Waals surface area contributed by atoms with Crippen LogP contribution in [0.5, 0.6) is 5.75 Å². The summed E-state index contributed by atoms with van der Waals surface area (Å²) in [4.78, 5) is 0.0250. The number of rotatable bonds is 4. The largest absolute Gasteiger partial charge is 0.494 e. The molecule has 0 aliphatic heterocycles. The average Bonchev–Trinajstić information content (AvgIpc) is 2.43. The number of nitrogens with one attached hydrogen (secondary N) is 1. The highest BCUT2D eigenvalue weighted by atomic mass is 32.2. The Labute approximate surface area is 122 Å². The lowest BCUT2D eigenvalue weighted by Crippen LogP contribution is -2.14. The highest BCUT2D eigenvalue weighted by Gasteiger charge is 2.17. The van der Waals surface area contributed by atoms with Gasteiger partial charge in [-0.15, -0.1) is 0 Å². The van der Waals surface area contributed by atoms with Crippen LogP contribution in [0.4, 0.5) is 15.8 Å². The molecule has 0 radical (unpaired) electrons. The van der Waals surface area contributed by atoms with E-state index < -0.39 is 15.8 Å². The van der Waals surface area contributed by atoms with Crippen molar-refractivity contribution in [3.05, 3.63) is 47.8 Å². The number of methoxy groups -OCH3 is 1. The molecule has 0 fully saturated rings. The van der Waals surface area contributed by atoms with Crippen LogP contribution in [0.3, 0.4) is 0 Å². The normalized spacial score (nSPS) is 11.2. The summed E-state index contributed by atoms with van der Waals surface area (Å²) >= 11 is 0. The number of ether oxygens (including phenoxy) is 1. The third kappa shape index (κ3) is 3.25. The Hall–Kier alpha value is -2.28. The predicted octanol–water partition coefficient (Wildman–Crippen LogP) is 2.53. The number of halogens is 1. The Balaban J connectivity index is 2.39. The van der Waals surface area contributed by atoms with E-state index in [1.807, 2.05) is 0 Å². The minimum atomic E-state index is -3.83. The molecule has 112 valence electrons. The van der Waals surface area contributed by atoms with Crippen LogP contribution in [0.2, 0.25) is 0 Å². The maximum atomic E-state index is 13.1. The molecule has 7 heteroatoms. The van der Waals surface area contributed by atoms with E-state index in [2.05, 4.69) is 4.72 Å². The average molecular weight is 310 g/mol. The van der Waals surface area contributed by atoms with Crippen molar-refractivity contribution in [1.82, 2.24) is 0 Å². The van der Waals surface area contributed by atoms with E-state index in [0.29, 0.717) is 5.69 Å². The van der Waals surface area contributed by atoms with Crippen LogP contribution in [-0.4, -0.2) is 15.5 Å². The van der Waals surface area contributed by atoms with Crippen molar-refractivity contribution in [2.75, 3.05) is 17.6 Å². The molecule has 0 aliphatic carbocycles. The Morgan fingerprint density at radius 3 is 2.52 bits per heavy atom. The summed E-state index contributed by atoms with van der Waals surface area (Å²) in [5, 5.41) is 0. The van der Waals surface area contributed by atoms with Gasteiger partial charge < -0.3 is 10.5 Å². The zero-order valence-electron chi connectivity index (χ0n) is 11.6. The first-order valence-corrected chi connectivity index (χ1v) is 7.54. The van der Waals surface area contributed by atoms with Gasteiger partial charge in [0.25, 0.3) is 10.0 Å². The minimum Gasteiger partial charge on any atom is -0.494 e. The van der Waals surface area contributed by atoms with Gasteiger partial charge in [-0.25, -0.2) is 12.8 Å². The standard InChI is InChI=1S/C14H15FN2O3S/c1-9-3-5-11(8-12(9)16)21(18,19)17-13-6-4-10(15)7-14(13)20-2/h3-8,17H,16H2,1-2H3. The fourth-order valence-corrected chi connectivity index (χ4v) is 2.84. The molecule has 0 bridgehead atoms. The molecular formula is C14H15FN2O3S. The van der Waals surface area contributed by atoms with Gasteiger partial charge in [-0.1, -0.05) is 6.07 Å². The quantitative estimate of drug-likeness (QED) is 0.850. The number of aryl methyl sites for hydroxylation is 1. The van der Waals surface area contributed by atoms with Crippen LogP contribution in [0.15, 0.2) is 41.3 Å². The molecule has 0 saturated carbocycles. The van der Waals surface area contributed by atoms with Gasteiger partial charge in [0.15, 0.2) is 0 Å². The fraction of sp³-hybridized carbons (Fsp3) is 0.143. The molecule has 0 spiro atoms. The molecule has 0 atom stereocenters. The molecule has 0 saturated heterocycles. The molecule has 0 amide bonds. The molecule has 0 unspecified atom stereocenters. The Morgan fingerprint density at radius 1 is 1.19 bits per heavy atom. The molecule has 2 rings (SSSR count). The van der Waals surface area contributed by atoms with Crippen LogP contribution in [0, 0.1) is 12.7 Å². The summed E-state index contributed by atoms with van der Waals surface area (Å²) in [6.07, 6.45) is 0. The first kappa shape index (κ1) is 15.1. The van der Waals surface area contributed by atoms with Crippen LogP contribution in [0.25, 0.3) is 0 Å². The van der Waals surface area contributed by atoms with E-state index >= 15 is 0 Å². The van der Waals surface area contributed by atoms with Crippen LogP contribution in [-0.2, 0) is 10.0 Å². The van der Waals surface area contributed by atoms with Gasteiger partial charge in [0, 0.05) is 11.8 Å². The number of nitrogen functional groups attached to an aromatic ring is 1. The van der Waals surface area contributed by atoms with Crippen LogP contribution in [0.1, 0.15) is 5.56 Å². The molecule has 3 N–H and O–H groups in total. The first-order valence-electron chi connectivity index (χ1n) is 6.06. The van der Waals surface area contributed by atoms with Crippen molar-refractivity contribution in [2.24, 2.45) is 0 Å². The fourth-order valence-electron chi connectivity index (χ4n) is 1.74. The zero-order valence-corrected chi connectivity index (χ0v) is 12.4. The molecule has 2 aromatic carbocycles. The number of benzene rings is 2. The van der Waals surface area contributed by atoms with E-state index in [-0.39, 0.29) is 16.3 Å². The highest BCUT2D eigenvalue weighted by molar-refractivity contribution is 7.92. The second-order valence-corrected chi connectivity index (χ2v) is 6.15. The minimum absolute atomic E-state index is 0.0250. The van der Waals surface area contributed by atoms with Gasteiger partial charge in [-0.3, -0.25) is 4.72 Å². The van der Waals surface area contributed by atoms with Crippen molar-refractivity contribution in [1.29, 1.82) is 0 Å². The lowest BCUT2D eigenvalue weighted by molar-refractivity contribution is 0.413. The van der Waals surface area contributed by atoms with Crippen molar-refractivity contribution in [2.45, 2.75) is 11.8 Å². The molecule has 0 heterocycles. The van der Waals surface area contributed by atoms with E-state index in [4.69, 9.17) is 10.5 Å². The molecule has 2 aromatic rings. The second kappa shape index (κ2) is 5.61. The van der Waals surface area contributed by atoms with Gasteiger partial charge in [0.05, 0.1) is 17.7 Å². The predicted molar refractivity (Wildman–Crippen MR) is 79.4 cm³/mol. The van der Waals surface area contributed by atoms with Crippen molar-refractivity contribution < 1.29 is 17.5 Å². The lowest BCUT2D eigenvalue weighted by Gasteiger charge is -2.12. The van der Waals surface area contributed by atoms with Crippen LogP contribution < -0.4 is 15.2 Å². The maximum Gasteiger partial charge on any atom is 0.262 e. The van der Waals surface area contributed by atoms with Gasteiger partial charge in [-0.05, 0) is 36.8 Å². The monoisotopic (exact) mass is 310 g/mol.